The second-order valence-electron chi connectivity index (χ2n) is 6.76. The fourth-order valence-corrected chi connectivity index (χ4v) is 4.38. The molecule has 0 bridgehead atoms. The van der Waals surface area contributed by atoms with E-state index < -0.39 is 0 Å². The maximum absolute atomic E-state index is 12.5. The summed E-state index contributed by atoms with van der Waals surface area (Å²) in [7, 11) is 0. The van der Waals surface area contributed by atoms with Gasteiger partial charge in [0.05, 0.1) is 11.7 Å². The molecule has 26 heavy (non-hydrogen) atoms. The van der Waals surface area contributed by atoms with Crippen molar-refractivity contribution >= 4 is 29.7 Å². The molecule has 2 fully saturated rings. The number of nitrogens with zero attached hydrogens (tertiary/aromatic N) is 3. The summed E-state index contributed by atoms with van der Waals surface area (Å²) in [6.07, 6.45) is 2.10. The smallest absolute Gasteiger partial charge is 0.239 e. The zero-order valence-corrected chi connectivity index (χ0v) is 16.4. The molecule has 0 spiro atoms. The van der Waals surface area contributed by atoms with E-state index in [1.165, 1.54) is 5.56 Å². The second-order valence-corrected chi connectivity index (χ2v) is 7.62. The molecule has 1 aromatic carbocycles. The number of carbonyl (C=O) groups is 1. The molecule has 1 N–H and O–H groups in total. The van der Waals surface area contributed by atoms with E-state index in [0.717, 1.165) is 62.8 Å². The van der Waals surface area contributed by atoms with E-state index in [0.29, 0.717) is 0 Å². The van der Waals surface area contributed by atoms with Crippen molar-refractivity contribution < 1.29 is 4.79 Å². The number of carbonyl (C=O) groups excluding carboxylic acids is 1. The van der Waals surface area contributed by atoms with Gasteiger partial charge in [0.1, 0.15) is 5.01 Å². The molecule has 0 saturated carbocycles. The summed E-state index contributed by atoms with van der Waals surface area (Å²) in [4.78, 5) is 21.7. The fraction of sp³-hybridized carbons (Fsp3) is 0.474. The molecule has 2 aromatic rings. The number of aromatic nitrogens is 1. The monoisotopic (exact) mass is 392 g/mol. The van der Waals surface area contributed by atoms with Crippen molar-refractivity contribution in [3.05, 3.63) is 41.4 Å². The minimum absolute atomic E-state index is 0. The van der Waals surface area contributed by atoms with Gasteiger partial charge in [-0.1, -0.05) is 30.3 Å². The Labute approximate surface area is 164 Å². The van der Waals surface area contributed by atoms with Crippen molar-refractivity contribution in [1.82, 2.24) is 20.1 Å². The highest BCUT2D eigenvalue weighted by atomic mass is 35.5. The average molecular weight is 393 g/mol. The molecule has 140 valence electrons. The third-order valence-electron chi connectivity index (χ3n) is 5.00. The van der Waals surface area contributed by atoms with Gasteiger partial charge in [-0.3, -0.25) is 9.69 Å². The molecule has 0 aliphatic carbocycles. The predicted octanol–water partition coefficient (Wildman–Crippen LogP) is 2.63. The third-order valence-corrected chi connectivity index (χ3v) is 5.94. The van der Waals surface area contributed by atoms with Crippen molar-refractivity contribution in [2.75, 3.05) is 32.7 Å². The summed E-state index contributed by atoms with van der Waals surface area (Å²) in [6.45, 7) is 5.35. The van der Waals surface area contributed by atoms with Crippen molar-refractivity contribution in [1.29, 1.82) is 0 Å². The van der Waals surface area contributed by atoms with Crippen molar-refractivity contribution in [2.45, 2.75) is 25.4 Å². The molecular formula is C19H25ClN4OS. The quantitative estimate of drug-likeness (QED) is 0.868. The zero-order chi connectivity index (χ0) is 17.1. The van der Waals surface area contributed by atoms with Gasteiger partial charge in [-0.2, -0.15) is 0 Å². The summed E-state index contributed by atoms with van der Waals surface area (Å²) in [6, 6.07) is 10.4. The number of hydrogen-bond acceptors (Lipinski definition) is 5. The highest BCUT2D eigenvalue weighted by Gasteiger charge is 2.29. The van der Waals surface area contributed by atoms with E-state index >= 15 is 0 Å². The molecule has 2 aliphatic rings. The largest absolute Gasteiger partial charge is 0.339 e. The van der Waals surface area contributed by atoms with Crippen LogP contribution >= 0.6 is 23.7 Å². The Bertz CT molecular complexity index is 709. The van der Waals surface area contributed by atoms with Crippen LogP contribution in [-0.4, -0.2) is 59.5 Å². The van der Waals surface area contributed by atoms with E-state index in [1.54, 1.807) is 11.3 Å². The number of nitrogens with one attached hydrogen (secondary N) is 1. The number of thiazole rings is 1. The molecule has 1 aromatic heterocycles. The molecule has 2 aliphatic heterocycles. The van der Waals surface area contributed by atoms with E-state index in [2.05, 4.69) is 27.7 Å². The SMILES string of the molecule is Cl.O=C([C@@H]1CCCN1)N1CCN(Cc2csc(-c3ccccc3)n2)CC1. The second kappa shape index (κ2) is 8.95. The highest BCUT2D eigenvalue weighted by molar-refractivity contribution is 7.13. The van der Waals surface area contributed by atoms with E-state index in [1.807, 2.05) is 23.1 Å². The molecule has 0 radical (unpaired) electrons. The van der Waals surface area contributed by atoms with E-state index in [9.17, 15) is 4.79 Å². The summed E-state index contributed by atoms with van der Waals surface area (Å²) in [5, 5.41) is 6.54. The van der Waals surface area contributed by atoms with Crippen LogP contribution in [0.25, 0.3) is 10.6 Å². The van der Waals surface area contributed by atoms with Gasteiger partial charge in [0.25, 0.3) is 0 Å². The first-order valence-electron chi connectivity index (χ1n) is 9.04. The van der Waals surface area contributed by atoms with Crippen LogP contribution < -0.4 is 5.32 Å². The van der Waals surface area contributed by atoms with Crippen LogP contribution in [0, 0.1) is 0 Å². The van der Waals surface area contributed by atoms with Crippen molar-refractivity contribution in [2.24, 2.45) is 0 Å². The molecule has 3 heterocycles. The molecule has 5 nitrogen and oxygen atoms in total. The molecule has 2 saturated heterocycles. The minimum atomic E-state index is 0. The number of benzene rings is 1. The maximum atomic E-state index is 12.5. The summed E-state index contributed by atoms with van der Waals surface area (Å²) >= 11 is 1.70. The van der Waals surface area contributed by atoms with Gasteiger partial charge in [0.15, 0.2) is 0 Å². The predicted molar refractivity (Wildman–Crippen MR) is 108 cm³/mol. The Morgan fingerprint density at radius 1 is 1.19 bits per heavy atom. The highest BCUT2D eigenvalue weighted by Crippen LogP contribution is 2.24. The van der Waals surface area contributed by atoms with Crippen LogP contribution in [0.15, 0.2) is 35.7 Å². The molecular weight excluding hydrogens is 368 g/mol. The Balaban J connectivity index is 0.00000196. The summed E-state index contributed by atoms with van der Waals surface area (Å²) < 4.78 is 0. The molecule has 1 atom stereocenters. The topological polar surface area (TPSA) is 48.5 Å². The van der Waals surface area contributed by atoms with E-state index in [-0.39, 0.29) is 24.4 Å². The first kappa shape index (κ1) is 19.3. The van der Waals surface area contributed by atoms with Crippen LogP contribution in [-0.2, 0) is 11.3 Å². The van der Waals surface area contributed by atoms with Crippen LogP contribution in [0.5, 0.6) is 0 Å². The van der Waals surface area contributed by atoms with Crippen molar-refractivity contribution in [3.63, 3.8) is 0 Å². The normalized spacial score (nSPS) is 20.8. The Morgan fingerprint density at radius 2 is 1.96 bits per heavy atom. The van der Waals surface area contributed by atoms with Gasteiger partial charge in [0.2, 0.25) is 5.91 Å². The van der Waals surface area contributed by atoms with Gasteiger partial charge in [-0.25, -0.2) is 4.98 Å². The maximum Gasteiger partial charge on any atom is 0.239 e. The van der Waals surface area contributed by atoms with E-state index in [4.69, 9.17) is 4.98 Å². The zero-order valence-electron chi connectivity index (χ0n) is 14.8. The Hall–Kier alpha value is -1.47. The standard InChI is InChI=1S/C19H24N4OS.ClH/c24-19(17-7-4-8-20-17)23-11-9-22(10-12-23)13-16-14-25-18(21-16)15-5-2-1-3-6-15;/h1-3,5-6,14,17,20H,4,7-13H2;1H/t17-;/m0./s1. The molecule has 4 rings (SSSR count). The fourth-order valence-electron chi connectivity index (χ4n) is 3.56. The number of halogens is 1. The van der Waals surface area contributed by atoms with Gasteiger partial charge in [0, 0.05) is 43.7 Å². The summed E-state index contributed by atoms with van der Waals surface area (Å²) in [5.41, 5.74) is 2.30. The lowest BCUT2D eigenvalue weighted by atomic mass is 10.2. The Kier molecular flexibility index (Phi) is 6.64. The number of hydrogen-bond donors (Lipinski definition) is 1. The van der Waals surface area contributed by atoms with Crippen LogP contribution in [0.1, 0.15) is 18.5 Å². The minimum Gasteiger partial charge on any atom is -0.339 e. The van der Waals surface area contributed by atoms with Crippen LogP contribution in [0.3, 0.4) is 0 Å². The molecule has 7 heteroatoms. The van der Waals surface area contributed by atoms with Crippen LogP contribution in [0.4, 0.5) is 0 Å². The lowest BCUT2D eigenvalue weighted by Gasteiger charge is -2.35. The lowest BCUT2D eigenvalue weighted by molar-refractivity contribution is -0.134. The van der Waals surface area contributed by atoms with Gasteiger partial charge in [-0.05, 0) is 19.4 Å². The third kappa shape index (κ3) is 4.43. The number of rotatable bonds is 4. The van der Waals surface area contributed by atoms with Crippen molar-refractivity contribution in [3.8, 4) is 10.6 Å². The van der Waals surface area contributed by atoms with Gasteiger partial charge >= 0.3 is 0 Å². The lowest BCUT2D eigenvalue weighted by Crippen LogP contribution is -2.52. The average Bonchev–Trinajstić information content (AvgIpc) is 3.35. The first-order valence-corrected chi connectivity index (χ1v) is 9.92. The number of amides is 1. The Morgan fingerprint density at radius 3 is 2.65 bits per heavy atom. The molecule has 1 amide bonds. The first-order chi connectivity index (χ1) is 12.3. The number of piperazine rings is 1. The molecule has 0 unspecified atom stereocenters. The van der Waals surface area contributed by atoms with Gasteiger partial charge < -0.3 is 10.2 Å². The van der Waals surface area contributed by atoms with Crippen LogP contribution in [0.2, 0.25) is 0 Å². The van der Waals surface area contributed by atoms with Gasteiger partial charge in [-0.15, -0.1) is 23.7 Å². The summed E-state index contributed by atoms with van der Waals surface area (Å²) in [5.74, 6) is 0.289.